The SMILES string of the molecule is CO[Si](OC)(OC)[C@H](C)c1ccc([C@H](C)[Si](OC)(OC)OC)cc1. The maximum Gasteiger partial charge on any atom is 0.507 e. The zero-order valence-corrected chi connectivity index (χ0v) is 17.9. The molecule has 0 aliphatic carbocycles. The average Bonchev–Trinajstić information content (AvgIpc) is 2.65. The van der Waals surface area contributed by atoms with Crippen molar-refractivity contribution in [2.24, 2.45) is 0 Å². The van der Waals surface area contributed by atoms with Crippen LogP contribution in [0.2, 0.25) is 0 Å². The molecular weight excluding hydrogens is 344 g/mol. The fraction of sp³-hybridized carbons (Fsp3) is 0.625. The largest absolute Gasteiger partial charge is 0.507 e. The fourth-order valence-corrected chi connectivity index (χ4v) is 7.36. The topological polar surface area (TPSA) is 55.4 Å². The molecule has 0 spiro atoms. The third kappa shape index (κ3) is 3.97. The third-order valence-corrected chi connectivity index (χ3v) is 10.9. The van der Waals surface area contributed by atoms with Gasteiger partial charge in [0, 0.05) is 42.7 Å². The van der Waals surface area contributed by atoms with Crippen LogP contribution < -0.4 is 0 Å². The Morgan fingerprint density at radius 2 is 0.750 bits per heavy atom. The van der Waals surface area contributed by atoms with Crippen molar-refractivity contribution in [3.8, 4) is 0 Å². The van der Waals surface area contributed by atoms with E-state index < -0.39 is 17.6 Å². The molecule has 0 radical (unpaired) electrons. The van der Waals surface area contributed by atoms with Gasteiger partial charge in [0.2, 0.25) is 0 Å². The Morgan fingerprint density at radius 1 is 0.542 bits per heavy atom. The fourth-order valence-electron chi connectivity index (χ4n) is 3.04. The first kappa shape index (κ1) is 21.5. The van der Waals surface area contributed by atoms with Crippen molar-refractivity contribution in [1.82, 2.24) is 0 Å². The van der Waals surface area contributed by atoms with Crippen LogP contribution in [-0.4, -0.2) is 60.3 Å². The highest BCUT2D eigenvalue weighted by Crippen LogP contribution is 2.32. The Hall–Kier alpha value is -0.586. The summed E-state index contributed by atoms with van der Waals surface area (Å²) >= 11 is 0. The minimum atomic E-state index is -2.73. The Bertz CT molecular complexity index is 426. The Kier molecular flexibility index (Phi) is 8.23. The average molecular weight is 375 g/mol. The van der Waals surface area contributed by atoms with E-state index in [0.29, 0.717) is 0 Å². The summed E-state index contributed by atoms with van der Waals surface area (Å²) in [7, 11) is 4.30. The molecule has 138 valence electrons. The zero-order valence-electron chi connectivity index (χ0n) is 15.9. The van der Waals surface area contributed by atoms with Crippen molar-refractivity contribution in [1.29, 1.82) is 0 Å². The summed E-state index contributed by atoms with van der Waals surface area (Å²) < 4.78 is 33.5. The van der Waals surface area contributed by atoms with Gasteiger partial charge in [0.25, 0.3) is 0 Å². The predicted molar refractivity (Wildman–Crippen MR) is 96.8 cm³/mol. The van der Waals surface area contributed by atoms with E-state index in [1.54, 1.807) is 42.7 Å². The van der Waals surface area contributed by atoms with Crippen molar-refractivity contribution >= 4 is 17.6 Å². The lowest BCUT2D eigenvalue weighted by atomic mass is 10.1. The molecule has 0 saturated carbocycles. The lowest BCUT2D eigenvalue weighted by Crippen LogP contribution is -2.48. The van der Waals surface area contributed by atoms with Crippen molar-refractivity contribution < 1.29 is 26.6 Å². The number of hydrogen-bond donors (Lipinski definition) is 0. The normalized spacial score (nSPS) is 15.3. The first-order chi connectivity index (χ1) is 11.4. The summed E-state index contributed by atoms with van der Waals surface area (Å²) in [5.74, 6) is 0. The molecule has 24 heavy (non-hydrogen) atoms. The van der Waals surface area contributed by atoms with Gasteiger partial charge in [-0.05, 0) is 11.1 Å². The molecule has 1 rings (SSSR count). The quantitative estimate of drug-likeness (QED) is 0.587. The molecular formula is C16H30O6Si2. The van der Waals surface area contributed by atoms with Gasteiger partial charge in [0.1, 0.15) is 0 Å². The summed E-state index contributed by atoms with van der Waals surface area (Å²) in [6, 6.07) is 8.26. The predicted octanol–water partition coefficient (Wildman–Crippen LogP) is 2.73. The summed E-state index contributed by atoms with van der Waals surface area (Å²) in [6.45, 7) is 4.11. The molecule has 1 aromatic carbocycles. The van der Waals surface area contributed by atoms with Crippen LogP contribution in [0.3, 0.4) is 0 Å². The highest BCUT2D eigenvalue weighted by Gasteiger charge is 2.47. The second kappa shape index (κ2) is 9.21. The molecule has 0 saturated heterocycles. The van der Waals surface area contributed by atoms with Gasteiger partial charge in [-0.2, -0.15) is 0 Å². The first-order valence-electron chi connectivity index (χ1n) is 7.81. The molecule has 0 fully saturated rings. The van der Waals surface area contributed by atoms with E-state index in [1.807, 2.05) is 0 Å². The van der Waals surface area contributed by atoms with Gasteiger partial charge in [0.15, 0.2) is 0 Å². The molecule has 0 aliphatic rings. The van der Waals surface area contributed by atoms with Gasteiger partial charge < -0.3 is 26.6 Å². The van der Waals surface area contributed by atoms with Crippen LogP contribution in [0.15, 0.2) is 24.3 Å². The Morgan fingerprint density at radius 3 is 0.917 bits per heavy atom. The lowest BCUT2D eigenvalue weighted by Gasteiger charge is -2.32. The molecule has 6 nitrogen and oxygen atoms in total. The van der Waals surface area contributed by atoms with E-state index in [9.17, 15) is 0 Å². The summed E-state index contributed by atoms with van der Waals surface area (Å²) in [5, 5.41) is 0. The first-order valence-corrected chi connectivity index (χ1v) is 11.4. The molecule has 8 heteroatoms. The van der Waals surface area contributed by atoms with E-state index in [1.165, 1.54) is 0 Å². The van der Waals surface area contributed by atoms with Gasteiger partial charge in [-0.1, -0.05) is 38.1 Å². The van der Waals surface area contributed by atoms with Gasteiger partial charge in [0.05, 0.1) is 11.1 Å². The van der Waals surface area contributed by atoms with Crippen LogP contribution in [0.1, 0.15) is 36.1 Å². The molecule has 2 atom stereocenters. The van der Waals surface area contributed by atoms with Crippen molar-refractivity contribution in [2.45, 2.75) is 24.9 Å². The minimum Gasteiger partial charge on any atom is -0.376 e. The van der Waals surface area contributed by atoms with Crippen molar-refractivity contribution in [2.75, 3.05) is 42.7 Å². The van der Waals surface area contributed by atoms with Crippen molar-refractivity contribution in [3.05, 3.63) is 35.4 Å². The van der Waals surface area contributed by atoms with Crippen LogP contribution in [0.5, 0.6) is 0 Å². The van der Waals surface area contributed by atoms with E-state index in [4.69, 9.17) is 26.6 Å². The third-order valence-electron chi connectivity index (χ3n) is 4.70. The number of hydrogen-bond acceptors (Lipinski definition) is 6. The zero-order chi connectivity index (χ0) is 18.4. The van der Waals surface area contributed by atoms with E-state index >= 15 is 0 Å². The van der Waals surface area contributed by atoms with Crippen molar-refractivity contribution in [3.63, 3.8) is 0 Å². The second-order valence-electron chi connectivity index (χ2n) is 5.54. The minimum absolute atomic E-state index is 0.0242. The maximum absolute atomic E-state index is 5.58. The molecule has 0 aliphatic heterocycles. The molecule has 0 bridgehead atoms. The van der Waals surface area contributed by atoms with Crippen LogP contribution >= 0.6 is 0 Å². The summed E-state index contributed by atoms with van der Waals surface area (Å²) in [5.41, 5.74) is 2.25. The Balaban J connectivity index is 3.08. The molecule has 0 amide bonds. The van der Waals surface area contributed by atoms with Crippen LogP contribution in [0, 0.1) is 0 Å². The van der Waals surface area contributed by atoms with Gasteiger partial charge in [-0.3, -0.25) is 0 Å². The summed E-state index contributed by atoms with van der Waals surface area (Å²) in [4.78, 5) is 0. The number of benzene rings is 1. The molecule has 0 N–H and O–H groups in total. The molecule has 0 unspecified atom stereocenters. The molecule has 1 aromatic rings. The van der Waals surface area contributed by atoms with E-state index in [0.717, 1.165) is 11.1 Å². The summed E-state index contributed by atoms with van der Waals surface area (Å²) in [6.07, 6.45) is 0. The van der Waals surface area contributed by atoms with Crippen LogP contribution in [-0.2, 0) is 26.6 Å². The Labute approximate surface area is 147 Å². The highest BCUT2D eigenvalue weighted by atomic mass is 28.4. The molecule has 0 aromatic heterocycles. The van der Waals surface area contributed by atoms with Crippen LogP contribution in [0.4, 0.5) is 0 Å². The lowest BCUT2D eigenvalue weighted by molar-refractivity contribution is 0.113. The van der Waals surface area contributed by atoms with Gasteiger partial charge in [-0.25, -0.2) is 0 Å². The van der Waals surface area contributed by atoms with Gasteiger partial charge >= 0.3 is 17.6 Å². The monoisotopic (exact) mass is 374 g/mol. The molecule has 0 heterocycles. The highest BCUT2D eigenvalue weighted by molar-refractivity contribution is 6.62. The van der Waals surface area contributed by atoms with Gasteiger partial charge in [-0.15, -0.1) is 0 Å². The van der Waals surface area contributed by atoms with E-state index in [2.05, 4.69) is 38.1 Å². The smallest absolute Gasteiger partial charge is 0.376 e. The maximum atomic E-state index is 5.58. The number of rotatable bonds is 10. The standard InChI is InChI=1S/C16H30O6Si2/c1-13(23(17-3,18-4)19-5)15-9-11-16(12-10-15)14(2)24(20-6,21-7)22-8/h9-14H,1-8H3/t13-,14+. The van der Waals surface area contributed by atoms with E-state index in [-0.39, 0.29) is 11.1 Å². The van der Waals surface area contributed by atoms with Crippen LogP contribution in [0.25, 0.3) is 0 Å². The second-order valence-corrected chi connectivity index (χ2v) is 12.1.